The molecule has 3 rings (SSSR count). The average Bonchev–Trinajstić information content (AvgIpc) is 3.17. The number of aromatic nitrogens is 3. The van der Waals surface area contributed by atoms with E-state index in [1.165, 1.54) is 6.42 Å². The molecule has 1 fully saturated rings. The molecule has 2 heterocycles. The summed E-state index contributed by atoms with van der Waals surface area (Å²) in [4.78, 5) is 7.44. The first-order chi connectivity index (χ1) is 10.3. The lowest BCUT2D eigenvalue weighted by Crippen LogP contribution is -2.33. The fourth-order valence-electron chi connectivity index (χ4n) is 2.93. The lowest BCUT2D eigenvalue weighted by atomic mass is 9.84. The van der Waals surface area contributed by atoms with Crippen LogP contribution in [0, 0.1) is 11.3 Å². The minimum atomic E-state index is -0.417. The molecule has 0 aliphatic heterocycles. The third-order valence-electron chi connectivity index (χ3n) is 3.95. The molecule has 1 aliphatic carbocycles. The lowest BCUT2D eigenvalue weighted by Gasteiger charge is -2.33. The second-order valence-corrected chi connectivity index (χ2v) is 5.31. The van der Waals surface area contributed by atoms with Crippen molar-refractivity contribution in [1.29, 1.82) is 5.26 Å². The molecule has 0 aromatic carbocycles. The Hall–Kier alpha value is -2.13. The Balaban J connectivity index is 1.90. The van der Waals surface area contributed by atoms with Crippen LogP contribution in [0.1, 0.15) is 50.5 Å². The van der Waals surface area contributed by atoms with E-state index in [0.717, 1.165) is 25.7 Å². The minimum absolute atomic E-state index is 0.399. The summed E-state index contributed by atoms with van der Waals surface area (Å²) in [5.74, 6) is 1.02. The van der Waals surface area contributed by atoms with Gasteiger partial charge in [-0.1, -0.05) is 24.4 Å². The first-order valence-electron chi connectivity index (χ1n) is 7.35. The number of nitrogens with zero attached hydrogens (tertiary/aromatic N) is 3. The molecule has 6 nitrogen and oxygen atoms in total. The molecule has 1 saturated carbocycles. The predicted molar refractivity (Wildman–Crippen MR) is 75.2 cm³/mol. The van der Waals surface area contributed by atoms with E-state index < -0.39 is 5.60 Å². The van der Waals surface area contributed by atoms with Crippen LogP contribution in [0.2, 0.25) is 0 Å². The quantitative estimate of drug-likeness (QED) is 0.932. The molecule has 0 bridgehead atoms. The van der Waals surface area contributed by atoms with Crippen molar-refractivity contribution in [2.75, 3.05) is 6.61 Å². The summed E-state index contributed by atoms with van der Waals surface area (Å²) >= 11 is 0. The van der Waals surface area contributed by atoms with Gasteiger partial charge in [0.25, 0.3) is 5.89 Å². The molecule has 1 aliphatic rings. The van der Waals surface area contributed by atoms with E-state index >= 15 is 0 Å². The average molecular weight is 286 g/mol. The van der Waals surface area contributed by atoms with Gasteiger partial charge in [-0.15, -0.1) is 0 Å². The standard InChI is InChI=1S/C15H18N4O2/c1-2-20-15(8-4-3-5-9-15)14-18-13(21-19-14)12-7-6-11(10-16)17-12/h6-7,17H,2-5,8-9H2,1H3. The van der Waals surface area contributed by atoms with E-state index in [-0.39, 0.29) is 0 Å². The van der Waals surface area contributed by atoms with Crippen molar-refractivity contribution in [2.24, 2.45) is 0 Å². The molecule has 1 N–H and O–H groups in total. The van der Waals surface area contributed by atoms with Gasteiger partial charge in [-0.2, -0.15) is 10.2 Å². The lowest BCUT2D eigenvalue weighted by molar-refractivity contribution is -0.0777. The summed E-state index contributed by atoms with van der Waals surface area (Å²) < 4.78 is 11.3. The van der Waals surface area contributed by atoms with Crippen LogP contribution >= 0.6 is 0 Å². The first-order valence-corrected chi connectivity index (χ1v) is 7.35. The minimum Gasteiger partial charge on any atom is -0.367 e. The van der Waals surface area contributed by atoms with Crippen molar-refractivity contribution in [1.82, 2.24) is 15.1 Å². The number of ether oxygens (including phenoxy) is 1. The monoisotopic (exact) mass is 286 g/mol. The molecule has 110 valence electrons. The van der Waals surface area contributed by atoms with Crippen molar-refractivity contribution in [3.05, 3.63) is 23.7 Å². The van der Waals surface area contributed by atoms with Gasteiger partial charge in [0, 0.05) is 6.61 Å². The second-order valence-electron chi connectivity index (χ2n) is 5.31. The van der Waals surface area contributed by atoms with Gasteiger partial charge in [-0.3, -0.25) is 0 Å². The molecular formula is C15H18N4O2. The fourth-order valence-corrected chi connectivity index (χ4v) is 2.93. The predicted octanol–water partition coefficient (Wildman–Crippen LogP) is 3.13. The molecule has 0 spiro atoms. The van der Waals surface area contributed by atoms with Crippen molar-refractivity contribution < 1.29 is 9.26 Å². The van der Waals surface area contributed by atoms with Gasteiger partial charge >= 0.3 is 0 Å². The number of hydrogen-bond donors (Lipinski definition) is 1. The van der Waals surface area contributed by atoms with Crippen LogP contribution in [0.5, 0.6) is 0 Å². The summed E-state index contributed by atoms with van der Waals surface area (Å²) in [5.41, 5.74) is 0.717. The van der Waals surface area contributed by atoms with Crippen molar-refractivity contribution >= 4 is 0 Å². The molecule has 2 aromatic rings. The maximum absolute atomic E-state index is 8.85. The highest BCUT2D eigenvalue weighted by molar-refractivity contribution is 5.49. The molecule has 0 radical (unpaired) electrons. The highest BCUT2D eigenvalue weighted by Crippen LogP contribution is 2.39. The third kappa shape index (κ3) is 2.57. The maximum Gasteiger partial charge on any atom is 0.274 e. The number of hydrogen-bond acceptors (Lipinski definition) is 5. The van der Waals surface area contributed by atoms with Crippen LogP contribution in [0.4, 0.5) is 0 Å². The Kier molecular flexibility index (Phi) is 3.76. The topological polar surface area (TPSA) is 87.7 Å². The molecular weight excluding hydrogens is 268 g/mol. The third-order valence-corrected chi connectivity index (χ3v) is 3.95. The van der Waals surface area contributed by atoms with Gasteiger partial charge in [0.05, 0.1) is 0 Å². The summed E-state index contributed by atoms with van der Waals surface area (Å²) in [6.45, 7) is 2.62. The molecule has 21 heavy (non-hydrogen) atoms. The Morgan fingerprint density at radius 2 is 2.19 bits per heavy atom. The van der Waals surface area contributed by atoms with E-state index in [1.807, 2.05) is 13.0 Å². The Morgan fingerprint density at radius 3 is 2.86 bits per heavy atom. The summed E-state index contributed by atoms with van der Waals surface area (Å²) in [5, 5.41) is 13.0. The number of nitriles is 1. The number of aromatic amines is 1. The molecule has 0 amide bonds. The Morgan fingerprint density at radius 1 is 1.38 bits per heavy atom. The number of rotatable bonds is 4. The smallest absolute Gasteiger partial charge is 0.274 e. The number of H-pyrrole nitrogens is 1. The van der Waals surface area contributed by atoms with E-state index in [2.05, 4.69) is 15.1 Å². The van der Waals surface area contributed by atoms with Crippen molar-refractivity contribution in [3.8, 4) is 17.7 Å². The highest BCUT2D eigenvalue weighted by Gasteiger charge is 2.39. The van der Waals surface area contributed by atoms with Crippen molar-refractivity contribution in [3.63, 3.8) is 0 Å². The number of nitrogens with one attached hydrogen (secondary N) is 1. The van der Waals surface area contributed by atoms with Gasteiger partial charge in [0.1, 0.15) is 23.1 Å². The highest BCUT2D eigenvalue weighted by atomic mass is 16.5. The molecule has 2 aromatic heterocycles. The first kappa shape index (κ1) is 13.8. The zero-order valence-corrected chi connectivity index (χ0v) is 12.1. The fraction of sp³-hybridized carbons (Fsp3) is 0.533. The van der Waals surface area contributed by atoms with Gasteiger partial charge in [-0.05, 0) is 31.9 Å². The van der Waals surface area contributed by atoms with Gasteiger partial charge in [0.15, 0.2) is 0 Å². The van der Waals surface area contributed by atoms with Crippen LogP contribution in [-0.2, 0) is 10.3 Å². The summed E-state index contributed by atoms with van der Waals surface area (Å²) in [6.07, 6.45) is 5.31. The normalized spacial score (nSPS) is 17.5. The SMILES string of the molecule is CCOC1(c2noc(-c3ccc(C#N)[nH]3)n2)CCCCC1. The van der Waals surface area contributed by atoms with E-state index in [1.54, 1.807) is 12.1 Å². The van der Waals surface area contributed by atoms with Crippen LogP contribution in [0.15, 0.2) is 16.7 Å². The molecule has 6 heteroatoms. The summed E-state index contributed by atoms with van der Waals surface area (Å²) in [6, 6.07) is 5.51. The Labute approximate surface area is 123 Å². The zero-order valence-electron chi connectivity index (χ0n) is 12.1. The van der Waals surface area contributed by atoms with E-state index in [9.17, 15) is 0 Å². The molecule has 0 unspecified atom stereocenters. The summed E-state index contributed by atoms with van der Waals surface area (Å²) in [7, 11) is 0. The maximum atomic E-state index is 8.85. The van der Waals surface area contributed by atoms with E-state index in [0.29, 0.717) is 29.7 Å². The zero-order chi connectivity index (χ0) is 14.7. The van der Waals surface area contributed by atoms with Gasteiger partial charge in [0.2, 0.25) is 5.82 Å². The molecule has 0 atom stereocenters. The van der Waals surface area contributed by atoms with Crippen molar-refractivity contribution in [2.45, 2.75) is 44.6 Å². The van der Waals surface area contributed by atoms with E-state index in [4.69, 9.17) is 14.5 Å². The van der Waals surface area contributed by atoms with Crippen LogP contribution in [0.25, 0.3) is 11.6 Å². The van der Waals surface area contributed by atoms with Crippen LogP contribution in [-0.4, -0.2) is 21.7 Å². The van der Waals surface area contributed by atoms with Crippen LogP contribution in [0.3, 0.4) is 0 Å². The Bertz CT molecular complexity index is 641. The second kappa shape index (κ2) is 5.70. The molecule has 0 saturated heterocycles. The van der Waals surface area contributed by atoms with Gasteiger partial charge in [-0.25, -0.2) is 0 Å². The largest absolute Gasteiger partial charge is 0.367 e. The van der Waals surface area contributed by atoms with Crippen LogP contribution < -0.4 is 0 Å². The van der Waals surface area contributed by atoms with Gasteiger partial charge < -0.3 is 14.2 Å².